The SMILES string of the molecule is CC(C)(C)C1(C(=O)O)CCCCN1S(=O)(=O)c1ccc(C(F)(F)F)cc1. The zero-order chi connectivity index (χ0) is 20.0. The predicted octanol–water partition coefficient (Wildman–Crippen LogP) is 3.75. The number of halogens is 3. The van der Waals surface area contributed by atoms with Gasteiger partial charge in [0.2, 0.25) is 10.0 Å². The molecule has 1 atom stereocenters. The number of carboxylic acid groups (broad SMARTS) is 1. The predicted molar refractivity (Wildman–Crippen MR) is 89.0 cm³/mol. The molecule has 1 heterocycles. The molecule has 5 nitrogen and oxygen atoms in total. The third-order valence-corrected chi connectivity index (χ3v) is 6.88. The standard InChI is InChI=1S/C17H22F3NO4S/c1-15(2,3)16(14(22)23)10-4-5-11-21(16)26(24,25)13-8-6-12(7-9-13)17(18,19)20/h6-9H,4-5,10-11H2,1-3H3,(H,22,23). The van der Waals surface area contributed by atoms with Gasteiger partial charge in [0.1, 0.15) is 5.54 Å². The fourth-order valence-electron chi connectivity index (χ4n) is 3.50. The molecule has 0 aliphatic carbocycles. The summed E-state index contributed by atoms with van der Waals surface area (Å²) < 4.78 is 65.3. The fourth-order valence-corrected chi connectivity index (χ4v) is 5.46. The number of carboxylic acids is 1. The van der Waals surface area contributed by atoms with E-state index in [4.69, 9.17) is 0 Å². The lowest BCUT2D eigenvalue weighted by molar-refractivity contribution is -0.158. The summed E-state index contributed by atoms with van der Waals surface area (Å²) >= 11 is 0. The van der Waals surface area contributed by atoms with Crippen LogP contribution in [0, 0.1) is 5.41 Å². The average Bonchev–Trinajstić information content (AvgIpc) is 2.52. The Morgan fingerprint density at radius 2 is 1.65 bits per heavy atom. The lowest BCUT2D eigenvalue weighted by Gasteiger charge is -2.50. The first-order valence-corrected chi connectivity index (χ1v) is 9.62. The number of hydrogen-bond acceptors (Lipinski definition) is 3. The van der Waals surface area contributed by atoms with E-state index in [2.05, 4.69) is 0 Å². The van der Waals surface area contributed by atoms with Crippen molar-refractivity contribution in [3.8, 4) is 0 Å². The third kappa shape index (κ3) is 3.34. The van der Waals surface area contributed by atoms with Gasteiger partial charge in [-0.05, 0) is 48.9 Å². The Kier molecular flexibility index (Phi) is 5.19. The van der Waals surface area contributed by atoms with Gasteiger partial charge in [-0.25, -0.2) is 8.42 Å². The van der Waals surface area contributed by atoms with Crippen LogP contribution in [0.1, 0.15) is 45.6 Å². The van der Waals surface area contributed by atoms with Crippen molar-refractivity contribution in [1.82, 2.24) is 4.31 Å². The first-order chi connectivity index (χ1) is 11.7. The summed E-state index contributed by atoms with van der Waals surface area (Å²) in [6.45, 7) is 4.97. The van der Waals surface area contributed by atoms with Crippen LogP contribution in [0.2, 0.25) is 0 Å². The maximum atomic E-state index is 13.1. The van der Waals surface area contributed by atoms with Gasteiger partial charge in [-0.2, -0.15) is 17.5 Å². The second kappa shape index (κ2) is 6.53. The van der Waals surface area contributed by atoms with E-state index in [9.17, 15) is 31.5 Å². The first kappa shape index (κ1) is 20.7. The summed E-state index contributed by atoms with van der Waals surface area (Å²) in [5, 5.41) is 9.90. The van der Waals surface area contributed by atoms with Crippen molar-refractivity contribution in [2.24, 2.45) is 5.41 Å². The highest BCUT2D eigenvalue weighted by Crippen LogP contribution is 2.45. The van der Waals surface area contributed by atoms with Crippen molar-refractivity contribution in [2.45, 2.75) is 56.6 Å². The first-order valence-electron chi connectivity index (χ1n) is 8.18. The van der Waals surface area contributed by atoms with E-state index in [-0.39, 0.29) is 17.9 Å². The number of rotatable bonds is 3. The molecule has 0 aromatic heterocycles. The quantitative estimate of drug-likeness (QED) is 0.849. The third-order valence-electron chi connectivity index (χ3n) is 4.94. The van der Waals surface area contributed by atoms with Crippen LogP contribution in [-0.2, 0) is 21.0 Å². The van der Waals surface area contributed by atoms with Crippen molar-refractivity contribution in [1.29, 1.82) is 0 Å². The molecule has 1 aliphatic rings. The number of piperidine rings is 1. The molecule has 1 fully saturated rings. The molecule has 1 aromatic carbocycles. The number of aliphatic carboxylic acids is 1. The van der Waals surface area contributed by atoms with Crippen LogP contribution in [0.4, 0.5) is 13.2 Å². The van der Waals surface area contributed by atoms with E-state index < -0.39 is 38.7 Å². The van der Waals surface area contributed by atoms with E-state index in [0.29, 0.717) is 25.0 Å². The molecule has 1 N–H and O–H groups in total. The van der Waals surface area contributed by atoms with Crippen LogP contribution in [-0.4, -0.2) is 35.9 Å². The second-order valence-corrected chi connectivity index (χ2v) is 9.33. The van der Waals surface area contributed by atoms with E-state index in [1.54, 1.807) is 20.8 Å². The summed E-state index contributed by atoms with van der Waals surface area (Å²) in [5.41, 5.74) is -3.53. The molecule has 0 saturated carbocycles. The Balaban J connectivity index is 2.56. The smallest absolute Gasteiger partial charge is 0.416 e. The molecular weight excluding hydrogens is 371 g/mol. The minimum Gasteiger partial charge on any atom is -0.480 e. The zero-order valence-electron chi connectivity index (χ0n) is 14.8. The van der Waals surface area contributed by atoms with Crippen molar-refractivity contribution < 1.29 is 31.5 Å². The number of nitrogens with zero attached hydrogens (tertiary/aromatic N) is 1. The number of sulfonamides is 1. The summed E-state index contributed by atoms with van der Waals surface area (Å²) in [5.74, 6) is -1.25. The van der Waals surface area contributed by atoms with Crippen molar-refractivity contribution in [3.63, 3.8) is 0 Å². The van der Waals surface area contributed by atoms with Gasteiger partial charge in [0.05, 0.1) is 10.5 Å². The number of hydrogen-bond donors (Lipinski definition) is 1. The molecule has 0 spiro atoms. The summed E-state index contributed by atoms with van der Waals surface area (Å²) in [6, 6.07) is 3.14. The van der Waals surface area contributed by atoms with Crippen LogP contribution in [0.25, 0.3) is 0 Å². The molecule has 2 rings (SSSR count). The Morgan fingerprint density at radius 1 is 1.12 bits per heavy atom. The maximum Gasteiger partial charge on any atom is 0.416 e. The van der Waals surface area contributed by atoms with Gasteiger partial charge >= 0.3 is 12.1 Å². The Morgan fingerprint density at radius 3 is 2.08 bits per heavy atom. The normalized spacial score (nSPS) is 23.0. The van der Waals surface area contributed by atoms with E-state index in [1.165, 1.54) is 0 Å². The second-order valence-electron chi connectivity index (χ2n) is 7.47. The Hall–Kier alpha value is -1.61. The number of benzene rings is 1. The van der Waals surface area contributed by atoms with Crippen LogP contribution >= 0.6 is 0 Å². The monoisotopic (exact) mass is 393 g/mol. The lowest BCUT2D eigenvalue weighted by atomic mass is 9.69. The highest BCUT2D eigenvalue weighted by molar-refractivity contribution is 7.89. The molecule has 26 heavy (non-hydrogen) atoms. The summed E-state index contributed by atoms with van der Waals surface area (Å²) in [4.78, 5) is 11.8. The zero-order valence-corrected chi connectivity index (χ0v) is 15.6. The Bertz CT molecular complexity index is 782. The van der Waals surface area contributed by atoms with Gasteiger partial charge in [0.25, 0.3) is 0 Å². The summed E-state index contributed by atoms with van der Waals surface area (Å²) in [7, 11) is -4.27. The number of carbonyl (C=O) groups is 1. The van der Waals surface area contributed by atoms with Crippen LogP contribution in [0.5, 0.6) is 0 Å². The lowest BCUT2D eigenvalue weighted by Crippen LogP contribution is -2.65. The number of alkyl halides is 3. The molecule has 0 bridgehead atoms. The average molecular weight is 393 g/mol. The van der Waals surface area contributed by atoms with Gasteiger partial charge in [-0.3, -0.25) is 4.79 Å². The molecule has 1 saturated heterocycles. The largest absolute Gasteiger partial charge is 0.480 e. The van der Waals surface area contributed by atoms with Gasteiger partial charge in [-0.1, -0.05) is 20.8 Å². The van der Waals surface area contributed by atoms with Crippen molar-refractivity contribution in [2.75, 3.05) is 6.54 Å². The van der Waals surface area contributed by atoms with Crippen molar-refractivity contribution >= 4 is 16.0 Å². The van der Waals surface area contributed by atoms with Crippen molar-refractivity contribution in [3.05, 3.63) is 29.8 Å². The van der Waals surface area contributed by atoms with E-state index in [0.717, 1.165) is 16.4 Å². The minimum atomic E-state index is -4.58. The highest BCUT2D eigenvalue weighted by atomic mass is 32.2. The van der Waals surface area contributed by atoms with Crippen LogP contribution in [0.3, 0.4) is 0 Å². The molecule has 0 radical (unpaired) electrons. The molecule has 0 amide bonds. The molecule has 9 heteroatoms. The van der Waals surface area contributed by atoms with E-state index in [1.807, 2.05) is 0 Å². The topological polar surface area (TPSA) is 74.7 Å². The molecule has 1 unspecified atom stereocenters. The molecule has 146 valence electrons. The molecular formula is C17H22F3NO4S. The van der Waals surface area contributed by atoms with E-state index >= 15 is 0 Å². The van der Waals surface area contributed by atoms with Gasteiger partial charge in [0.15, 0.2) is 0 Å². The van der Waals surface area contributed by atoms with Crippen LogP contribution in [0.15, 0.2) is 29.2 Å². The fraction of sp³-hybridized carbons (Fsp3) is 0.588. The maximum absolute atomic E-state index is 13.1. The summed E-state index contributed by atoms with van der Waals surface area (Å²) in [6.07, 6.45) is -3.39. The van der Waals surface area contributed by atoms with Gasteiger partial charge in [0, 0.05) is 6.54 Å². The van der Waals surface area contributed by atoms with Gasteiger partial charge < -0.3 is 5.11 Å². The Labute approximate surface area is 150 Å². The van der Waals surface area contributed by atoms with Gasteiger partial charge in [-0.15, -0.1) is 0 Å². The molecule has 1 aromatic rings. The molecule has 1 aliphatic heterocycles. The minimum absolute atomic E-state index is 0.00687. The highest BCUT2D eigenvalue weighted by Gasteiger charge is 2.58. The van der Waals surface area contributed by atoms with Crippen LogP contribution < -0.4 is 0 Å².